The Hall–Kier alpha value is -1.51. The third kappa shape index (κ3) is 7.35. The van der Waals surface area contributed by atoms with E-state index in [2.05, 4.69) is 25.1 Å². The first-order valence-electron chi connectivity index (χ1n) is 12.0. The zero-order valence-corrected chi connectivity index (χ0v) is 18.4. The van der Waals surface area contributed by atoms with Crippen LogP contribution in [-0.4, -0.2) is 17.2 Å². The quantitative estimate of drug-likeness (QED) is 0.243. The van der Waals surface area contributed by atoms with Gasteiger partial charge in [0.25, 0.3) is 6.47 Å². The highest BCUT2D eigenvalue weighted by atomic mass is 16.5. The number of hydrogen-bond acceptors (Lipinski definition) is 3. The minimum Gasteiger partial charge on any atom is -0.507 e. The standard InChI is InChI=1S/C26H40O3/c1-25(17-18-25)15-8-4-2-6-11-22-13-10-14-23(24(22)28)12-7-3-5-9-16-26(19-20-26)29-21-27/h10,13-14,21,28H,2-9,11-12,15-20H2,1H3. The smallest absolute Gasteiger partial charge is 0.293 e. The molecule has 3 rings (SSSR count). The first kappa shape index (κ1) is 22.2. The zero-order chi connectivity index (χ0) is 20.6. The van der Waals surface area contributed by atoms with Gasteiger partial charge in [-0.2, -0.15) is 0 Å². The van der Waals surface area contributed by atoms with E-state index in [1.165, 1.54) is 57.8 Å². The molecule has 1 N–H and O–H groups in total. The van der Waals surface area contributed by atoms with E-state index in [1.54, 1.807) is 0 Å². The van der Waals surface area contributed by atoms with Crippen LogP contribution in [0.5, 0.6) is 5.75 Å². The second-order valence-electron chi connectivity index (χ2n) is 9.96. The van der Waals surface area contributed by atoms with Crippen LogP contribution in [0.15, 0.2) is 18.2 Å². The highest BCUT2D eigenvalue weighted by molar-refractivity contribution is 5.40. The molecule has 0 saturated heterocycles. The predicted octanol–water partition coefficient (Wildman–Crippen LogP) is 6.88. The monoisotopic (exact) mass is 400 g/mol. The van der Waals surface area contributed by atoms with Gasteiger partial charge in [0.1, 0.15) is 11.4 Å². The highest BCUT2D eigenvalue weighted by Crippen LogP contribution is 2.49. The van der Waals surface area contributed by atoms with Crippen molar-refractivity contribution in [3.63, 3.8) is 0 Å². The largest absolute Gasteiger partial charge is 0.507 e. The van der Waals surface area contributed by atoms with E-state index in [0.717, 1.165) is 56.1 Å². The maximum absolute atomic E-state index is 10.6. The van der Waals surface area contributed by atoms with Crippen LogP contribution in [0.2, 0.25) is 0 Å². The summed E-state index contributed by atoms with van der Waals surface area (Å²) in [5, 5.41) is 10.6. The Morgan fingerprint density at radius 1 is 0.862 bits per heavy atom. The summed E-state index contributed by atoms with van der Waals surface area (Å²) in [6.07, 6.45) is 19.0. The molecule has 0 amide bonds. The van der Waals surface area contributed by atoms with E-state index in [1.807, 2.05) is 0 Å². The Morgan fingerprint density at radius 3 is 1.93 bits per heavy atom. The number of phenols is 1. The van der Waals surface area contributed by atoms with Gasteiger partial charge in [-0.15, -0.1) is 0 Å². The number of unbranched alkanes of at least 4 members (excludes halogenated alkanes) is 6. The van der Waals surface area contributed by atoms with Crippen LogP contribution in [0, 0.1) is 5.41 Å². The molecule has 0 aliphatic heterocycles. The lowest BCUT2D eigenvalue weighted by molar-refractivity contribution is -0.135. The number of benzene rings is 1. The van der Waals surface area contributed by atoms with Crippen LogP contribution in [0.1, 0.15) is 108 Å². The van der Waals surface area contributed by atoms with Crippen LogP contribution in [-0.2, 0) is 22.4 Å². The lowest BCUT2D eigenvalue weighted by atomic mass is 9.97. The van der Waals surface area contributed by atoms with Gasteiger partial charge < -0.3 is 9.84 Å². The first-order valence-corrected chi connectivity index (χ1v) is 12.0. The maximum atomic E-state index is 10.6. The summed E-state index contributed by atoms with van der Waals surface area (Å²) in [5.74, 6) is 0.536. The highest BCUT2D eigenvalue weighted by Gasteiger charge is 2.44. The molecular formula is C26H40O3. The molecule has 2 aliphatic carbocycles. The Kier molecular flexibility index (Phi) is 8.03. The molecule has 0 atom stereocenters. The Morgan fingerprint density at radius 2 is 1.41 bits per heavy atom. The fourth-order valence-electron chi connectivity index (χ4n) is 4.52. The van der Waals surface area contributed by atoms with Gasteiger partial charge in [-0.1, -0.05) is 57.2 Å². The second kappa shape index (κ2) is 10.5. The zero-order valence-electron chi connectivity index (χ0n) is 18.4. The molecule has 1 aromatic carbocycles. The van der Waals surface area contributed by atoms with Gasteiger partial charge in [0, 0.05) is 0 Å². The molecule has 0 spiro atoms. The topological polar surface area (TPSA) is 46.5 Å². The van der Waals surface area contributed by atoms with Crippen LogP contribution in [0.3, 0.4) is 0 Å². The summed E-state index contributed by atoms with van der Waals surface area (Å²) in [6, 6.07) is 6.27. The molecule has 2 aliphatic rings. The fourth-order valence-corrected chi connectivity index (χ4v) is 4.52. The second-order valence-corrected chi connectivity index (χ2v) is 9.96. The molecule has 1 aromatic rings. The molecule has 0 unspecified atom stereocenters. The van der Waals surface area contributed by atoms with Gasteiger partial charge >= 0.3 is 0 Å². The number of aryl methyl sites for hydroxylation is 2. The van der Waals surface area contributed by atoms with Crippen LogP contribution in [0.25, 0.3) is 0 Å². The lowest BCUT2D eigenvalue weighted by Gasteiger charge is -2.13. The average Bonchev–Trinajstić information content (AvgIpc) is 3.63. The van der Waals surface area contributed by atoms with Gasteiger partial charge in [-0.25, -0.2) is 0 Å². The Bertz CT molecular complexity index is 643. The lowest BCUT2D eigenvalue weighted by Crippen LogP contribution is -2.12. The number of carbonyl (C=O) groups is 1. The van der Waals surface area contributed by atoms with Crippen LogP contribution < -0.4 is 0 Å². The normalized spacial score (nSPS) is 18.4. The minimum absolute atomic E-state index is 0.107. The molecular weight excluding hydrogens is 360 g/mol. The van der Waals surface area contributed by atoms with Gasteiger partial charge in [-0.3, -0.25) is 4.79 Å². The molecule has 162 valence electrons. The van der Waals surface area contributed by atoms with Crippen LogP contribution >= 0.6 is 0 Å². The van der Waals surface area contributed by atoms with E-state index in [4.69, 9.17) is 4.74 Å². The average molecular weight is 401 g/mol. The van der Waals surface area contributed by atoms with Crippen molar-refractivity contribution in [3.8, 4) is 5.75 Å². The van der Waals surface area contributed by atoms with Gasteiger partial charge in [0.05, 0.1) is 0 Å². The summed E-state index contributed by atoms with van der Waals surface area (Å²) in [4.78, 5) is 10.5. The van der Waals surface area contributed by atoms with Gasteiger partial charge in [-0.05, 0) is 87.2 Å². The van der Waals surface area contributed by atoms with Crippen LogP contribution in [0.4, 0.5) is 0 Å². The van der Waals surface area contributed by atoms with E-state index < -0.39 is 0 Å². The summed E-state index contributed by atoms with van der Waals surface area (Å²) >= 11 is 0. The number of aromatic hydroxyl groups is 1. The number of phenolic OH excluding ortho intramolecular Hbond substituents is 1. The fraction of sp³-hybridized carbons (Fsp3) is 0.731. The molecule has 29 heavy (non-hydrogen) atoms. The molecule has 0 aromatic heterocycles. The molecule has 3 nitrogen and oxygen atoms in total. The number of para-hydroxylation sites is 1. The number of ether oxygens (including phenoxy) is 1. The number of hydrogen-bond donors (Lipinski definition) is 1. The number of carbonyl (C=O) groups excluding carboxylic acids is 1. The van der Waals surface area contributed by atoms with Crippen molar-refractivity contribution in [2.75, 3.05) is 0 Å². The number of rotatable bonds is 16. The van der Waals surface area contributed by atoms with Crippen molar-refractivity contribution >= 4 is 6.47 Å². The van der Waals surface area contributed by atoms with Crippen molar-refractivity contribution in [2.45, 2.75) is 115 Å². The molecule has 2 fully saturated rings. The van der Waals surface area contributed by atoms with Crippen molar-refractivity contribution < 1.29 is 14.6 Å². The third-order valence-electron chi connectivity index (χ3n) is 7.22. The molecule has 0 bridgehead atoms. The minimum atomic E-state index is -0.107. The summed E-state index contributed by atoms with van der Waals surface area (Å²) in [7, 11) is 0. The first-order chi connectivity index (χ1) is 14.1. The maximum Gasteiger partial charge on any atom is 0.293 e. The summed E-state index contributed by atoms with van der Waals surface area (Å²) in [5.41, 5.74) is 2.81. The van der Waals surface area contributed by atoms with Crippen molar-refractivity contribution in [1.82, 2.24) is 0 Å². The van der Waals surface area contributed by atoms with E-state index in [9.17, 15) is 9.90 Å². The third-order valence-corrected chi connectivity index (χ3v) is 7.22. The van der Waals surface area contributed by atoms with Crippen molar-refractivity contribution in [1.29, 1.82) is 0 Å². The molecule has 3 heteroatoms. The molecule has 2 saturated carbocycles. The Balaban J connectivity index is 1.27. The molecule has 0 heterocycles. The van der Waals surface area contributed by atoms with E-state index in [-0.39, 0.29) is 5.60 Å². The van der Waals surface area contributed by atoms with Gasteiger partial charge in [0.2, 0.25) is 0 Å². The summed E-state index contributed by atoms with van der Waals surface area (Å²) in [6.45, 7) is 3.03. The van der Waals surface area contributed by atoms with Crippen molar-refractivity contribution in [3.05, 3.63) is 29.3 Å². The van der Waals surface area contributed by atoms with Crippen molar-refractivity contribution in [2.24, 2.45) is 5.41 Å². The predicted molar refractivity (Wildman–Crippen MR) is 118 cm³/mol. The van der Waals surface area contributed by atoms with Gasteiger partial charge in [0.15, 0.2) is 0 Å². The van der Waals surface area contributed by atoms with E-state index in [0.29, 0.717) is 17.6 Å². The van der Waals surface area contributed by atoms with E-state index >= 15 is 0 Å². The SMILES string of the molecule is CC1(CCCCCCc2cccc(CCCCCCC3(OC=O)CC3)c2O)CC1. The molecule has 0 radical (unpaired) electrons. The Labute approximate surface area is 177 Å². The summed E-state index contributed by atoms with van der Waals surface area (Å²) < 4.78 is 5.20.